The number of halogens is 3. The Morgan fingerprint density at radius 3 is 2.58 bits per heavy atom. The van der Waals surface area contributed by atoms with Crippen LogP contribution in [0.5, 0.6) is 0 Å². The molecule has 0 unspecified atom stereocenters. The van der Waals surface area contributed by atoms with Crippen molar-refractivity contribution in [3.63, 3.8) is 0 Å². The maximum Gasteiger partial charge on any atom is 0.311 e. The fraction of sp³-hybridized carbons (Fsp3) is 0.176. The van der Waals surface area contributed by atoms with Crippen LogP contribution in [-0.2, 0) is 20.7 Å². The van der Waals surface area contributed by atoms with Crippen molar-refractivity contribution in [1.29, 1.82) is 0 Å². The summed E-state index contributed by atoms with van der Waals surface area (Å²) in [5.41, 5.74) is 0.555. The molecule has 0 aromatic heterocycles. The van der Waals surface area contributed by atoms with Gasteiger partial charge in [-0.2, -0.15) is 0 Å². The molecule has 0 heterocycles. The van der Waals surface area contributed by atoms with Gasteiger partial charge in [0.15, 0.2) is 6.10 Å². The van der Waals surface area contributed by atoms with Crippen molar-refractivity contribution in [3.05, 3.63) is 63.9 Å². The second-order valence-electron chi connectivity index (χ2n) is 5.01. The normalized spacial score (nSPS) is 11.7. The van der Waals surface area contributed by atoms with Crippen LogP contribution in [0.15, 0.2) is 42.5 Å². The summed E-state index contributed by atoms with van der Waals surface area (Å²) in [7, 11) is 0. The summed E-state index contributed by atoms with van der Waals surface area (Å²) >= 11 is 11.7. The van der Waals surface area contributed by atoms with Gasteiger partial charge in [-0.3, -0.25) is 9.59 Å². The molecule has 24 heavy (non-hydrogen) atoms. The Labute approximate surface area is 148 Å². The molecule has 126 valence electrons. The van der Waals surface area contributed by atoms with Crippen molar-refractivity contribution in [2.24, 2.45) is 0 Å². The third-order valence-electron chi connectivity index (χ3n) is 3.16. The van der Waals surface area contributed by atoms with Gasteiger partial charge >= 0.3 is 5.97 Å². The quantitative estimate of drug-likeness (QED) is 0.801. The van der Waals surface area contributed by atoms with Gasteiger partial charge in [0.05, 0.1) is 17.1 Å². The maximum absolute atomic E-state index is 13.5. The first-order valence-electron chi connectivity index (χ1n) is 7.05. The number of anilines is 1. The second kappa shape index (κ2) is 8.13. The van der Waals surface area contributed by atoms with Crippen molar-refractivity contribution in [1.82, 2.24) is 0 Å². The Kier molecular flexibility index (Phi) is 6.17. The fourth-order valence-corrected chi connectivity index (χ4v) is 2.37. The number of carbonyl (C=O) groups excluding carboxylic acids is 2. The number of ether oxygens (including phenoxy) is 1. The number of carbonyl (C=O) groups is 2. The van der Waals surface area contributed by atoms with Crippen LogP contribution in [0.1, 0.15) is 12.5 Å². The van der Waals surface area contributed by atoms with E-state index in [9.17, 15) is 14.0 Å². The van der Waals surface area contributed by atoms with E-state index in [1.165, 1.54) is 37.3 Å². The molecule has 1 atom stereocenters. The van der Waals surface area contributed by atoms with E-state index >= 15 is 0 Å². The highest BCUT2D eigenvalue weighted by molar-refractivity contribution is 6.36. The van der Waals surface area contributed by atoms with Gasteiger partial charge in [-0.05, 0) is 36.8 Å². The van der Waals surface area contributed by atoms with Gasteiger partial charge in [0, 0.05) is 5.02 Å². The van der Waals surface area contributed by atoms with Crippen molar-refractivity contribution in [3.8, 4) is 0 Å². The van der Waals surface area contributed by atoms with E-state index in [0.29, 0.717) is 10.7 Å². The van der Waals surface area contributed by atoms with E-state index < -0.39 is 23.8 Å². The Morgan fingerprint density at radius 1 is 1.21 bits per heavy atom. The first-order chi connectivity index (χ1) is 11.4. The van der Waals surface area contributed by atoms with E-state index in [1.54, 1.807) is 12.1 Å². The molecular weight excluding hydrogens is 356 g/mol. The number of hydrogen-bond acceptors (Lipinski definition) is 3. The van der Waals surface area contributed by atoms with E-state index in [4.69, 9.17) is 27.9 Å². The van der Waals surface area contributed by atoms with Crippen LogP contribution in [0.2, 0.25) is 10.0 Å². The monoisotopic (exact) mass is 369 g/mol. The number of nitrogens with one attached hydrogen (secondary N) is 1. The lowest BCUT2D eigenvalue weighted by Gasteiger charge is -2.14. The van der Waals surface area contributed by atoms with E-state index in [0.717, 1.165) is 0 Å². The fourth-order valence-electron chi connectivity index (χ4n) is 1.91. The zero-order valence-corrected chi connectivity index (χ0v) is 14.2. The van der Waals surface area contributed by atoms with E-state index in [-0.39, 0.29) is 17.0 Å². The Balaban J connectivity index is 1.93. The highest BCUT2D eigenvalue weighted by Gasteiger charge is 2.19. The van der Waals surface area contributed by atoms with Gasteiger partial charge < -0.3 is 10.1 Å². The largest absolute Gasteiger partial charge is 0.452 e. The van der Waals surface area contributed by atoms with Gasteiger partial charge in [0.2, 0.25) is 0 Å². The minimum Gasteiger partial charge on any atom is -0.452 e. The molecule has 0 radical (unpaired) electrons. The van der Waals surface area contributed by atoms with Gasteiger partial charge in [0.25, 0.3) is 5.91 Å². The lowest BCUT2D eigenvalue weighted by atomic mass is 10.1. The number of benzene rings is 2. The maximum atomic E-state index is 13.5. The minimum atomic E-state index is -1.06. The Hall–Kier alpha value is -2.11. The van der Waals surface area contributed by atoms with Crippen LogP contribution in [0, 0.1) is 5.82 Å². The third-order valence-corrected chi connectivity index (χ3v) is 3.71. The Morgan fingerprint density at radius 2 is 1.92 bits per heavy atom. The highest BCUT2D eigenvalue weighted by Crippen LogP contribution is 2.25. The van der Waals surface area contributed by atoms with Crippen molar-refractivity contribution < 1.29 is 18.7 Å². The number of rotatable bonds is 5. The predicted molar refractivity (Wildman–Crippen MR) is 90.7 cm³/mol. The molecule has 4 nitrogen and oxygen atoms in total. The van der Waals surface area contributed by atoms with Crippen molar-refractivity contribution in [2.45, 2.75) is 19.4 Å². The molecule has 7 heteroatoms. The molecule has 0 aliphatic carbocycles. The summed E-state index contributed by atoms with van der Waals surface area (Å²) in [5, 5.41) is 3.23. The molecule has 0 fully saturated rings. The summed E-state index contributed by atoms with van der Waals surface area (Å²) in [5.74, 6) is -1.76. The van der Waals surface area contributed by atoms with Crippen molar-refractivity contribution in [2.75, 3.05) is 5.32 Å². The molecular formula is C17H14Cl2FNO3. The summed E-state index contributed by atoms with van der Waals surface area (Å²) in [6.07, 6.45) is -1.32. The topological polar surface area (TPSA) is 55.4 Å². The molecule has 0 bridgehead atoms. The SMILES string of the molecule is C[C@H](OC(=O)Cc1ccccc1F)C(=O)Nc1ccc(Cl)cc1Cl. The summed E-state index contributed by atoms with van der Waals surface area (Å²) in [6.45, 7) is 1.42. The predicted octanol–water partition coefficient (Wildman–Crippen LogP) is 4.25. The van der Waals surface area contributed by atoms with Gasteiger partial charge in [-0.1, -0.05) is 41.4 Å². The first kappa shape index (κ1) is 18.2. The standard InChI is InChI=1S/C17H14Cl2FNO3/c1-10(17(23)21-15-7-6-12(18)9-13(15)19)24-16(22)8-11-4-2-3-5-14(11)20/h2-7,9-10H,8H2,1H3,(H,21,23)/t10-/m0/s1. The van der Waals surface area contributed by atoms with Crippen LogP contribution in [0.4, 0.5) is 10.1 Å². The summed E-state index contributed by atoms with van der Waals surface area (Å²) < 4.78 is 18.5. The molecule has 1 amide bonds. The van der Waals surface area contributed by atoms with Crippen LogP contribution in [0.25, 0.3) is 0 Å². The van der Waals surface area contributed by atoms with Crippen LogP contribution < -0.4 is 5.32 Å². The molecule has 0 saturated carbocycles. The van der Waals surface area contributed by atoms with Crippen LogP contribution in [-0.4, -0.2) is 18.0 Å². The molecule has 2 aromatic carbocycles. The number of hydrogen-bond donors (Lipinski definition) is 1. The van der Waals surface area contributed by atoms with Crippen molar-refractivity contribution >= 4 is 40.8 Å². The Bertz CT molecular complexity index is 767. The van der Waals surface area contributed by atoms with E-state index in [2.05, 4.69) is 5.32 Å². The molecule has 2 aromatic rings. The lowest BCUT2D eigenvalue weighted by molar-refractivity contribution is -0.152. The zero-order valence-electron chi connectivity index (χ0n) is 12.7. The molecule has 0 saturated heterocycles. The number of esters is 1. The molecule has 2 rings (SSSR count). The van der Waals surface area contributed by atoms with Gasteiger partial charge in [-0.15, -0.1) is 0 Å². The smallest absolute Gasteiger partial charge is 0.311 e. The zero-order chi connectivity index (χ0) is 17.7. The third kappa shape index (κ3) is 4.94. The summed E-state index contributed by atoms with van der Waals surface area (Å²) in [4.78, 5) is 23.9. The van der Waals surface area contributed by atoms with Crippen LogP contribution in [0.3, 0.4) is 0 Å². The summed E-state index contributed by atoms with van der Waals surface area (Å²) in [6, 6.07) is 10.5. The average Bonchev–Trinajstić information content (AvgIpc) is 2.52. The highest BCUT2D eigenvalue weighted by atomic mass is 35.5. The molecule has 0 aliphatic rings. The number of amides is 1. The minimum absolute atomic E-state index is 0.204. The van der Waals surface area contributed by atoms with E-state index in [1.807, 2.05) is 0 Å². The second-order valence-corrected chi connectivity index (χ2v) is 5.86. The van der Waals surface area contributed by atoms with Gasteiger partial charge in [0.1, 0.15) is 5.82 Å². The first-order valence-corrected chi connectivity index (χ1v) is 7.81. The molecule has 0 spiro atoms. The van der Waals surface area contributed by atoms with Gasteiger partial charge in [-0.25, -0.2) is 4.39 Å². The molecule has 1 N–H and O–H groups in total. The van der Waals surface area contributed by atoms with Crippen LogP contribution >= 0.6 is 23.2 Å². The molecule has 0 aliphatic heterocycles. The average molecular weight is 370 g/mol. The lowest BCUT2D eigenvalue weighted by Crippen LogP contribution is -2.30.